The molecule has 5 rings (SSSR count). The van der Waals surface area contributed by atoms with Crippen LogP contribution in [0.25, 0.3) is 28.2 Å². The first-order chi connectivity index (χ1) is 17.5. The summed E-state index contributed by atoms with van der Waals surface area (Å²) in [7, 11) is 0. The average molecular weight is 489 g/mol. The van der Waals surface area contributed by atoms with Crippen LogP contribution < -0.4 is 9.47 Å². The molecule has 0 saturated heterocycles. The summed E-state index contributed by atoms with van der Waals surface area (Å²) in [5, 5.41) is 20.7. The standard InChI is InChI=1S/C23H17F2N9O2/c1-14(11-33-13-28-31-32-33)35-21-7-2-4-16(29-21)17-8-9-18-22(30-17)34(12-27-18)19-5-3-6-20(15(19)10-26)36-23(24)25/h2-9,12-14,23H,11H2,1H3/t14-/m0/s1. The third-order valence-electron chi connectivity index (χ3n) is 5.13. The number of nitrogens with zero attached hydrogens (tertiary/aromatic N) is 9. The summed E-state index contributed by atoms with van der Waals surface area (Å²) in [4.78, 5) is 13.6. The van der Waals surface area contributed by atoms with Crippen LogP contribution in [-0.4, -0.2) is 52.4 Å². The first kappa shape index (κ1) is 22.8. The van der Waals surface area contributed by atoms with E-state index in [1.165, 1.54) is 24.8 Å². The Morgan fingerprint density at radius 2 is 1.83 bits per heavy atom. The van der Waals surface area contributed by atoms with Gasteiger partial charge in [0.15, 0.2) is 5.65 Å². The minimum Gasteiger partial charge on any atom is -0.473 e. The Morgan fingerprint density at radius 3 is 2.61 bits per heavy atom. The van der Waals surface area contributed by atoms with Crippen molar-refractivity contribution in [3.05, 3.63) is 66.7 Å². The molecule has 36 heavy (non-hydrogen) atoms. The second kappa shape index (κ2) is 9.71. The number of hydrogen-bond donors (Lipinski definition) is 0. The van der Waals surface area contributed by atoms with Gasteiger partial charge < -0.3 is 9.47 Å². The number of hydrogen-bond acceptors (Lipinski definition) is 9. The van der Waals surface area contributed by atoms with E-state index in [0.29, 0.717) is 40.7 Å². The molecular formula is C23H17F2N9O2. The van der Waals surface area contributed by atoms with Crippen molar-refractivity contribution < 1.29 is 18.3 Å². The summed E-state index contributed by atoms with van der Waals surface area (Å²) in [5.41, 5.74) is 2.29. The number of tetrazole rings is 1. The molecule has 4 heterocycles. The Kier molecular flexibility index (Phi) is 6.14. The van der Waals surface area contributed by atoms with E-state index in [4.69, 9.17) is 4.74 Å². The molecule has 11 nitrogen and oxygen atoms in total. The molecule has 0 aliphatic heterocycles. The second-order valence-corrected chi connectivity index (χ2v) is 7.62. The van der Waals surface area contributed by atoms with Gasteiger partial charge in [-0.2, -0.15) is 14.0 Å². The van der Waals surface area contributed by atoms with Crippen LogP contribution in [0.1, 0.15) is 12.5 Å². The van der Waals surface area contributed by atoms with Gasteiger partial charge >= 0.3 is 6.61 Å². The maximum Gasteiger partial charge on any atom is 0.387 e. The summed E-state index contributed by atoms with van der Waals surface area (Å²) in [6.07, 6.45) is 2.72. The van der Waals surface area contributed by atoms with Crippen molar-refractivity contribution in [3.8, 4) is 34.8 Å². The topological polar surface area (TPSA) is 129 Å². The van der Waals surface area contributed by atoms with Gasteiger partial charge in [0.1, 0.15) is 41.7 Å². The lowest BCUT2D eigenvalue weighted by atomic mass is 10.1. The summed E-state index contributed by atoms with van der Waals surface area (Å²) >= 11 is 0. The van der Waals surface area contributed by atoms with E-state index in [1.807, 2.05) is 13.0 Å². The van der Waals surface area contributed by atoms with Gasteiger partial charge in [0.2, 0.25) is 5.88 Å². The molecule has 0 spiro atoms. The van der Waals surface area contributed by atoms with Crippen molar-refractivity contribution in [1.29, 1.82) is 5.26 Å². The van der Waals surface area contributed by atoms with Crippen molar-refractivity contribution in [3.63, 3.8) is 0 Å². The van der Waals surface area contributed by atoms with Crippen LogP contribution in [-0.2, 0) is 6.54 Å². The lowest BCUT2D eigenvalue weighted by Crippen LogP contribution is -2.20. The van der Waals surface area contributed by atoms with E-state index in [1.54, 1.807) is 45.6 Å². The highest BCUT2D eigenvalue weighted by atomic mass is 19.3. The molecule has 0 bridgehead atoms. The van der Waals surface area contributed by atoms with E-state index in [-0.39, 0.29) is 17.4 Å². The van der Waals surface area contributed by atoms with Crippen molar-refractivity contribution in [1.82, 2.24) is 39.7 Å². The molecule has 4 aromatic heterocycles. The van der Waals surface area contributed by atoms with Crippen LogP contribution >= 0.6 is 0 Å². The Hall–Kier alpha value is -4.99. The zero-order valence-electron chi connectivity index (χ0n) is 18.7. The van der Waals surface area contributed by atoms with E-state index in [0.717, 1.165) is 0 Å². The van der Waals surface area contributed by atoms with Crippen LogP contribution in [0.3, 0.4) is 0 Å². The zero-order chi connectivity index (χ0) is 25.1. The van der Waals surface area contributed by atoms with E-state index < -0.39 is 6.61 Å². The third-order valence-corrected chi connectivity index (χ3v) is 5.13. The third kappa shape index (κ3) is 4.64. The molecule has 13 heteroatoms. The number of imidazole rings is 1. The summed E-state index contributed by atoms with van der Waals surface area (Å²) in [5.74, 6) is 0.164. The predicted molar refractivity (Wildman–Crippen MR) is 121 cm³/mol. The number of halogens is 2. The average Bonchev–Trinajstić information content (AvgIpc) is 3.53. The Labute approximate surface area is 202 Å². The largest absolute Gasteiger partial charge is 0.473 e. The number of alkyl halides is 2. The molecule has 180 valence electrons. The lowest BCUT2D eigenvalue weighted by Gasteiger charge is -2.14. The number of ether oxygens (including phenoxy) is 2. The Bertz CT molecular complexity index is 1550. The van der Waals surface area contributed by atoms with Crippen molar-refractivity contribution in [2.75, 3.05) is 0 Å². The lowest BCUT2D eigenvalue weighted by molar-refractivity contribution is -0.0500. The van der Waals surface area contributed by atoms with Crippen LogP contribution in [0, 0.1) is 11.3 Å². The molecule has 0 unspecified atom stereocenters. The van der Waals surface area contributed by atoms with Crippen molar-refractivity contribution in [2.45, 2.75) is 26.2 Å². The fraction of sp³-hybridized carbons (Fsp3) is 0.174. The van der Waals surface area contributed by atoms with Gasteiger partial charge in [-0.05, 0) is 47.7 Å². The molecule has 0 saturated carbocycles. The number of benzene rings is 1. The van der Waals surface area contributed by atoms with E-state index >= 15 is 0 Å². The van der Waals surface area contributed by atoms with Crippen LogP contribution in [0.4, 0.5) is 8.78 Å². The molecule has 1 atom stereocenters. The zero-order valence-corrected chi connectivity index (χ0v) is 18.7. The first-order valence-corrected chi connectivity index (χ1v) is 10.7. The molecule has 0 N–H and O–H groups in total. The molecule has 1 aromatic carbocycles. The highest BCUT2D eigenvalue weighted by Gasteiger charge is 2.17. The monoisotopic (exact) mass is 489 g/mol. The Balaban J connectivity index is 1.47. The molecule has 0 aliphatic carbocycles. The smallest absolute Gasteiger partial charge is 0.387 e. The molecule has 0 amide bonds. The van der Waals surface area contributed by atoms with Crippen molar-refractivity contribution in [2.24, 2.45) is 0 Å². The predicted octanol–water partition coefficient (Wildman–Crippen LogP) is 3.41. The van der Waals surface area contributed by atoms with Gasteiger partial charge in [-0.25, -0.2) is 19.6 Å². The maximum atomic E-state index is 12.8. The molecule has 0 radical (unpaired) electrons. The maximum absolute atomic E-state index is 12.8. The fourth-order valence-electron chi connectivity index (χ4n) is 3.63. The fourth-order valence-corrected chi connectivity index (χ4v) is 3.63. The number of aromatic nitrogens is 8. The number of pyridine rings is 2. The molecule has 0 aliphatic rings. The first-order valence-electron chi connectivity index (χ1n) is 10.7. The van der Waals surface area contributed by atoms with E-state index in [9.17, 15) is 14.0 Å². The minimum atomic E-state index is -3.06. The van der Waals surface area contributed by atoms with Gasteiger partial charge in [0, 0.05) is 6.07 Å². The summed E-state index contributed by atoms with van der Waals surface area (Å²) in [6, 6.07) is 15.2. The van der Waals surface area contributed by atoms with Crippen LogP contribution in [0.15, 0.2) is 61.2 Å². The highest BCUT2D eigenvalue weighted by Crippen LogP contribution is 2.29. The molecular weight excluding hydrogens is 472 g/mol. The highest BCUT2D eigenvalue weighted by molar-refractivity contribution is 5.77. The minimum absolute atomic E-state index is 0.0607. The summed E-state index contributed by atoms with van der Waals surface area (Å²) < 4.78 is 39.2. The Morgan fingerprint density at radius 1 is 1.00 bits per heavy atom. The second-order valence-electron chi connectivity index (χ2n) is 7.62. The van der Waals surface area contributed by atoms with Gasteiger partial charge in [0.05, 0.1) is 23.6 Å². The number of nitriles is 1. The van der Waals surface area contributed by atoms with Crippen LogP contribution in [0.2, 0.25) is 0 Å². The quantitative estimate of drug-likeness (QED) is 0.322. The number of rotatable bonds is 8. The van der Waals surface area contributed by atoms with Gasteiger partial charge in [-0.1, -0.05) is 12.1 Å². The molecule has 0 fully saturated rings. The SMILES string of the molecule is C[C@@H](Cn1cnnn1)Oc1cccc(-c2ccc3ncn(-c4cccc(OC(F)F)c4C#N)c3n2)n1. The van der Waals surface area contributed by atoms with E-state index in [2.05, 4.69) is 35.2 Å². The molecule has 5 aromatic rings. The number of fused-ring (bicyclic) bond motifs is 1. The summed E-state index contributed by atoms with van der Waals surface area (Å²) in [6.45, 7) is -0.747. The van der Waals surface area contributed by atoms with Crippen molar-refractivity contribution >= 4 is 11.2 Å². The van der Waals surface area contributed by atoms with Crippen LogP contribution in [0.5, 0.6) is 11.6 Å². The van der Waals surface area contributed by atoms with Gasteiger partial charge in [0.25, 0.3) is 0 Å². The normalized spacial score (nSPS) is 12.0. The van der Waals surface area contributed by atoms with Gasteiger partial charge in [-0.3, -0.25) is 4.57 Å². The van der Waals surface area contributed by atoms with Gasteiger partial charge in [-0.15, -0.1) is 5.10 Å².